The number of hydrogen-bond acceptors (Lipinski definition) is 14. The second kappa shape index (κ2) is 36.8. The Morgan fingerprint density at radius 3 is 1.52 bits per heavy atom. The molecule has 1 rings (SSSR count). The van der Waals surface area contributed by atoms with Gasteiger partial charge in [0.05, 0.1) is 12.6 Å². The summed E-state index contributed by atoms with van der Waals surface area (Å²) < 4.78 is 5.63. The number of likely N-dealkylation sites (N-methyl/N-ethyl adjacent to an activating group) is 7. The quantitative estimate of drug-likeness (QED) is 0.114. The summed E-state index contributed by atoms with van der Waals surface area (Å²) >= 11 is 0. The van der Waals surface area contributed by atoms with E-state index in [2.05, 4.69) is 33.2 Å². The van der Waals surface area contributed by atoms with E-state index in [1.807, 2.05) is 41.5 Å². The second-order valence-corrected chi connectivity index (χ2v) is 27.2. The summed E-state index contributed by atoms with van der Waals surface area (Å²) in [6.45, 7) is 31.5. The fourth-order valence-electron chi connectivity index (χ4n) is 11.1. The Morgan fingerprint density at radius 1 is 0.582 bits per heavy atom. The summed E-state index contributed by atoms with van der Waals surface area (Å²) in [5, 5.41) is 25.3. The van der Waals surface area contributed by atoms with Crippen molar-refractivity contribution in [1.82, 2.24) is 60.9 Å². The van der Waals surface area contributed by atoms with Crippen LogP contribution in [0, 0.1) is 35.5 Å². The van der Waals surface area contributed by atoms with E-state index >= 15 is 9.59 Å². The van der Waals surface area contributed by atoms with Crippen LogP contribution in [-0.4, -0.2) is 238 Å². The standard InChI is InChI=1S/C65H114N12O14/c1-26-29-30-41(14)53(79)52-57(83)69-44(27-2)59(85)71(19)35-49(78)72(20)48(34-65(17,18)91-64(90)66-28-3)56(82)70-50(39(10)11)62(88)73(21)45(31-36(4)5)55(81)67-42(15)54(80)68-43(16)58(84)74(22)46(32-37(6)7)60(86)75(23)47(33-38(8)9)61(87)76(24)51(40(12)13)63(89)77(52)25/h26,28-29,36-48,50-53,79H,3,27,30-35H2,1-2,4-25H3,(H,66,90)(H,67,81)(H,68,80)(H,69,83)(H,70,82)/b29-26+/t41?,42-,43+,44-,45-,46-,47-,48-,50-,51-,52-,53?/m0/s1. The van der Waals surface area contributed by atoms with Crippen molar-refractivity contribution >= 4 is 71.1 Å². The third kappa shape index (κ3) is 23.5. The van der Waals surface area contributed by atoms with Gasteiger partial charge < -0.3 is 65.4 Å². The third-order valence-corrected chi connectivity index (χ3v) is 16.7. The highest BCUT2D eigenvalue weighted by Crippen LogP contribution is 2.27. The van der Waals surface area contributed by atoms with Crippen molar-refractivity contribution in [2.75, 3.05) is 55.9 Å². The molecule has 26 nitrogen and oxygen atoms in total. The topological polar surface area (TPSA) is 317 Å². The molecule has 0 radical (unpaired) electrons. The van der Waals surface area contributed by atoms with Gasteiger partial charge in [-0.3, -0.25) is 58.1 Å². The zero-order chi connectivity index (χ0) is 70.6. The number of carbonyl (C=O) groups is 12. The lowest BCUT2D eigenvalue weighted by molar-refractivity contribution is -0.157. The normalized spacial score (nSPS) is 25.9. The van der Waals surface area contributed by atoms with Gasteiger partial charge in [0.15, 0.2) is 0 Å². The molecule has 1 fully saturated rings. The predicted octanol–water partition coefficient (Wildman–Crippen LogP) is 3.26. The van der Waals surface area contributed by atoms with Crippen LogP contribution in [0.25, 0.3) is 0 Å². The van der Waals surface area contributed by atoms with E-state index in [0.717, 1.165) is 20.9 Å². The lowest BCUT2D eigenvalue weighted by Crippen LogP contribution is -2.63. The average Bonchev–Trinajstić information content (AvgIpc) is 1.58. The molecule has 1 heterocycles. The average molecular weight is 1290 g/mol. The summed E-state index contributed by atoms with van der Waals surface area (Å²) in [6, 6.07) is -13.2. The molecule has 0 aromatic rings. The first kappa shape index (κ1) is 81.9. The molecule has 6 N–H and O–H groups in total. The van der Waals surface area contributed by atoms with Gasteiger partial charge in [-0.05, 0) is 108 Å². The van der Waals surface area contributed by atoms with Gasteiger partial charge in [-0.25, -0.2) is 4.79 Å². The number of alkyl carbamates (subject to hydrolysis) is 1. The van der Waals surface area contributed by atoms with Crippen molar-refractivity contribution in [2.24, 2.45) is 35.5 Å². The monoisotopic (exact) mass is 1290 g/mol. The molecule has 0 spiro atoms. The Kier molecular flexibility index (Phi) is 33.1. The zero-order valence-electron chi connectivity index (χ0n) is 59.1. The van der Waals surface area contributed by atoms with Gasteiger partial charge in [0.25, 0.3) is 0 Å². The van der Waals surface area contributed by atoms with Crippen LogP contribution in [0.1, 0.15) is 156 Å². The van der Waals surface area contributed by atoms with Crippen LogP contribution >= 0.6 is 0 Å². The van der Waals surface area contributed by atoms with Gasteiger partial charge >= 0.3 is 6.09 Å². The summed E-state index contributed by atoms with van der Waals surface area (Å²) in [5.74, 6) is -10.7. The van der Waals surface area contributed by atoms with E-state index in [9.17, 15) is 53.1 Å². The lowest BCUT2D eigenvalue weighted by Gasteiger charge is -2.41. The van der Waals surface area contributed by atoms with Crippen LogP contribution in [0.4, 0.5) is 4.79 Å². The summed E-state index contributed by atoms with van der Waals surface area (Å²) in [4.78, 5) is 182. The first-order valence-electron chi connectivity index (χ1n) is 31.9. The van der Waals surface area contributed by atoms with Gasteiger partial charge in [0.1, 0.15) is 66.0 Å². The molecule has 0 aromatic heterocycles. The number of amides is 12. The Balaban J connectivity index is 4.44. The molecule has 91 heavy (non-hydrogen) atoms. The molecule has 518 valence electrons. The number of aliphatic hydroxyl groups is 1. The van der Waals surface area contributed by atoms with Crippen LogP contribution in [0.15, 0.2) is 24.9 Å². The predicted molar refractivity (Wildman–Crippen MR) is 347 cm³/mol. The number of aliphatic hydroxyl groups excluding tert-OH is 1. The molecule has 26 heteroatoms. The minimum atomic E-state index is -1.66. The smallest absolute Gasteiger partial charge is 0.411 e. The van der Waals surface area contributed by atoms with Crippen molar-refractivity contribution in [3.05, 3.63) is 24.9 Å². The van der Waals surface area contributed by atoms with Crippen LogP contribution in [0.5, 0.6) is 0 Å². The Hall–Kier alpha value is -7.12. The molecule has 12 amide bonds. The molecule has 1 aliphatic rings. The molecule has 2 unspecified atom stereocenters. The van der Waals surface area contributed by atoms with Crippen LogP contribution < -0.4 is 26.6 Å². The number of rotatable bonds is 17. The molecular weight excluding hydrogens is 1170 g/mol. The largest absolute Gasteiger partial charge is 0.443 e. The molecule has 12 atom stereocenters. The maximum absolute atomic E-state index is 15.2. The zero-order valence-corrected chi connectivity index (χ0v) is 59.1. The van der Waals surface area contributed by atoms with E-state index in [0.29, 0.717) is 0 Å². The molecule has 1 aliphatic heterocycles. The van der Waals surface area contributed by atoms with Crippen LogP contribution in [-0.2, 0) is 57.5 Å². The third-order valence-electron chi connectivity index (χ3n) is 16.7. The van der Waals surface area contributed by atoms with Crippen molar-refractivity contribution in [3.8, 4) is 0 Å². The summed E-state index contributed by atoms with van der Waals surface area (Å²) in [5.41, 5.74) is -1.49. The number of allylic oxidation sites excluding steroid dienone is 2. The highest BCUT2D eigenvalue weighted by atomic mass is 16.6. The fourth-order valence-corrected chi connectivity index (χ4v) is 11.1. The van der Waals surface area contributed by atoms with E-state index < -0.39 is 167 Å². The number of hydrogen-bond donors (Lipinski definition) is 6. The molecule has 0 aliphatic carbocycles. The minimum Gasteiger partial charge on any atom is -0.443 e. The van der Waals surface area contributed by atoms with Gasteiger partial charge in [0.2, 0.25) is 65.0 Å². The summed E-state index contributed by atoms with van der Waals surface area (Å²) in [6.07, 6.45) is 2.40. The molecule has 1 saturated heterocycles. The van der Waals surface area contributed by atoms with E-state index in [4.69, 9.17) is 4.74 Å². The van der Waals surface area contributed by atoms with Gasteiger partial charge in [0, 0.05) is 55.8 Å². The minimum absolute atomic E-state index is 0.0417. The van der Waals surface area contributed by atoms with E-state index in [1.54, 1.807) is 60.6 Å². The first-order chi connectivity index (χ1) is 42.0. The molecule has 0 bridgehead atoms. The highest BCUT2D eigenvalue weighted by Gasteiger charge is 2.46. The number of carbonyl (C=O) groups excluding carboxylic acids is 12. The Bertz CT molecular complexity index is 2570. The fraction of sp³-hybridized carbons (Fsp3) is 0.754. The molecule has 0 aromatic carbocycles. The Morgan fingerprint density at radius 2 is 1.04 bits per heavy atom. The van der Waals surface area contributed by atoms with Gasteiger partial charge in [-0.1, -0.05) is 102 Å². The van der Waals surface area contributed by atoms with Crippen molar-refractivity contribution in [2.45, 2.75) is 228 Å². The number of nitrogens with zero attached hydrogens (tertiary/aromatic N) is 7. The van der Waals surface area contributed by atoms with Crippen LogP contribution in [0.2, 0.25) is 0 Å². The van der Waals surface area contributed by atoms with Crippen molar-refractivity contribution in [1.29, 1.82) is 0 Å². The molecule has 0 saturated carbocycles. The lowest BCUT2D eigenvalue weighted by atomic mass is 9.91. The van der Waals surface area contributed by atoms with E-state index in [-0.39, 0.29) is 56.3 Å². The second-order valence-electron chi connectivity index (χ2n) is 27.2. The van der Waals surface area contributed by atoms with Crippen molar-refractivity contribution in [3.63, 3.8) is 0 Å². The maximum Gasteiger partial charge on any atom is 0.411 e. The van der Waals surface area contributed by atoms with Gasteiger partial charge in [-0.2, -0.15) is 0 Å². The van der Waals surface area contributed by atoms with E-state index in [1.165, 1.54) is 96.6 Å². The Labute approximate surface area is 542 Å². The SMILES string of the molecule is C=CNC(=O)OC(C)(C)C[C@H]1C(=O)N[C@@H](C(C)C)C(=O)N(C)[C@@H](CC(C)C)C(=O)N[C@@H](C)C(=O)N[C@H](C)C(=O)N(C)[C@@H](CC(C)C)C(=O)N(C)[C@@H](CC(C)C)C(=O)N(C)[C@@H](C(C)C)C(=O)N(C)[C@@H](C(O)C(C)C/C=C/C)C(=O)N[C@@H](CC)C(=O)N(C)CC(=O)N1C. The maximum atomic E-state index is 15.2. The van der Waals surface area contributed by atoms with Crippen LogP contribution in [0.3, 0.4) is 0 Å². The highest BCUT2D eigenvalue weighted by molar-refractivity contribution is 5.99. The van der Waals surface area contributed by atoms with Gasteiger partial charge in [-0.15, -0.1) is 0 Å². The number of nitrogens with one attached hydrogen (secondary N) is 5. The number of ether oxygens (including phenoxy) is 1. The molecular formula is C65H114N12O14. The van der Waals surface area contributed by atoms with Crippen molar-refractivity contribution < 1.29 is 67.4 Å². The first-order valence-corrected chi connectivity index (χ1v) is 31.9. The summed E-state index contributed by atoms with van der Waals surface area (Å²) in [7, 11) is 9.59.